The van der Waals surface area contributed by atoms with E-state index in [1.807, 2.05) is 0 Å². The zero-order valence-corrected chi connectivity index (χ0v) is 10.4. The second-order valence-corrected chi connectivity index (χ2v) is 4.11. The highest BCUT2D eigenvalue weighted by Gasteiger charge is 2.33. The molecule has 0 radical (unpaired) electrons. The number of carbonyl (C=O) groups is 1. The van der Waals surface area contributed by atoms with E-state index in [1.165, 1.54) is 12.1 Å². The summed E-state index contributed by atoms with van der Waals surface area (Å²) in [6, 6.07) is 3.61. The zero-order chi connectivity index (χ0) is 14.6. The lowest BCUT2D eigenvalue weighted by molar-refractivity contribution is -0.140. The third-order valence-electron chi connectivity index (χ3n) is 2.42. The van der Waals surface area contributed by atoms with Crippen molar-refractivity contribution in [1.82, 2.24) is 4.90 Å². The Morgan fingerprint density at radius 3 is 2.58 bits per heavy atom. The van der Waals surface area contributed by atoms with Crippen LogP contribution in [0.4, 0.5) is 18.9 Å². The summed E-state index contributed by atoms with van der Waals surface area (Å²) in [6.45, 7) is 0.296. The Kier molecular flexibility index (Phi) is 4.63. The van der Waals surface area contributed by atoms with Crippen molar-refractivity contribution in [2.75, 3.05) is 18.8 Å². The molecule has 1 amide bonds. The molecule has 0 atom stereocenters. The molecule has 1 aromatic carbocycles. The predicted octanol–water partition coefficient (Wildman–Crippen LogP) is 2.39. The number of anilines is 1. The Hall–Kier alpha value is -1.92. The summed E-state index contributed by atoms with van der Waals surface area (Å²) in [5.41, 5.74) is 5.45. The number of phenols is 1. The monoisotopic (exact) mass is 276 g/mol. The maximum Gasteiger partial charge on any atom is 0.406 e. The van der Waals surface area contributed by atoms with Gasteiger partial charge in [0.2, 0.25) is 0 Å². The summed E-state index contributed by atoms with van der Waals surface area (Å²) < 4.78 is 37.2. The summed E-state index contributed by atoms with van der Waals surface area (Å²) in [4.78, 5) is 12.7. The Bertz CT molecular complexity index is 461. The average molecular weight is 276 g/mol. The van der Waals surface area contributed by atoms with Crippen molar-refractivity contribution in [2.45, 2.75) is 19.5 Å². The van der Waals surface area contributed by atoms with Gasteiger partial charge >= 0.3 is 6.18 Å². The van der Waals surface area contributed by atoms with Gasteiger partial charge in [0.1, 0.15) is 12.3 Å². The first-order valence-corrected chi connectivity index (χ1v) is 5.69. The number of hydrogen-bond acceptors (Lipinski definition) is 3. The lowest BCUT2D eigenvalue weighted by Gasteiger charge is -2.24. The molecule has 0 aliphatic heterocycles. The van der Waals surface area contributed by atoms with Crippen molar-refractivity contribution in [2.24, 2.45) is 0 Å². The van der Waals surface area contributed by atoms with Gasteiger partial charge < -0.3 is 15.7 Å². The molecule has 0 saturated heterocycles. The molecule has 7 heteroatoms. The van der Waals surface area contributed by atoms with Gasteiger partial charge in [-0.2, -0.15) is 13.2 Å². The molecule has 0 bridgehead atoms. The number of rotatable bonds is 4. The predicted molar refractivity (Wildman–Crippen MR) is 64.8 cm³/mol. The SMILES string of the molecule is CCCN(CC(F)(F)F)C(=O)c1cc(O)ccc1N. The third-order valence-corrected chi connectivity index (χ3v) is 2.42. The first-order valence-electron chi connectivity index (χ1n) is 5.69. The van der Waals surface area contributed by atoms with Gasteiger partial charge in [0.05, 0.1) is 5.56 Å². The van der Waals surface area contributed by atoms with Crippen LogP contribution in [0, 0.1) is 0 Å². The van der Waals surface area contributed by atoms with E-state index in [9.17, 15) is 23.1 Å². The fraction of sp³-hybridized carbons (Fsp3) is 0.417. The molecule has 0 aliphatic carbocycles. The van der Waals surface area contributed by atoms with Crippen molar-refractivity contribution < 1.29 is 23.1 Å². The second kappa shape index (κ2) is 5.81. The van der Waals surface area contributed by atoms with Crippen LogP contribution in [0.3, 0.4) is 0 Å². The van der Waals surface area contributed by atoms with E-state index < -0.39 is 18.6 Å². The van der Waals surface area contributed by atoms with Crippen molar-refractivity contribution in [3.05, 3.63) is 23.8 Å². The minimum Gasteiger partial charge on any atom is -0.508 e. The number of aromatic hydroxyl groups is 1. The van der Waals surface area contributed by atoms with Crippen LogP contribution in [-0.2, 0) is 0 Å². The van der Waals surface area contributed by atoms with Gasteiger partial charge in [-0.1, -0.05) is 6.92 Å². The Morgan fingerprint density at radius 1 is 1.42 bits per heavy atom. The Morgan fingerprint density at radius 2 is 2.05 bits per heavy atom. The number of alkyl halides is 3. The molecule has 3 N–H and O–H groups in total. The van der Waals surface area contributed by atoms with Gasteiger partial charge in [-0.25, -0.2) is 0 Å². The number of carbonyl (C=O) groups excluding carboxylic acids is 1. The number of nitrogen functional groups attached to an aromatic ring is 1. The lowest BCUT2D eigenvalue weighted by atomic mass is 10.1. The largest absolute Gasteiger partial charge is 0.508 e. The molecule has 0 spiro atoms. The summed E-state index contributed by atoms with van der Waals surface area (Å²) in [7, 11) is 0. The van der Waals surface area contributed by atoms with Crippen LogP contribution in [0.25, 0.3) is 0 Å². The van der Waals surface area contributed by atoms with Gasteiger partial charge in [0.25, 0.3) is 5.91 Å². The van der Waals surface area contributed by atoms with Crippen molar-refractivity contribution in [3.63, 3.8) is 0 Å². The maximum atomic E-state index is 12.4. The van der Waals surface area contributed by atoms with Gasteiger partial charge in [0.15, 0.2) is 0 Å². The van der Waals surface area contributed by atoms with Crippen molar-refractivity contribution >= 4 is 11.6 Å². The molecule has 0 unspecified atom stereocenters. The van der Waals surface area contributed by atoms with Crippen LogP contribution in [0.2, 0.25) is 0 Å². The molecule has 0 saturated carbocycles. The lowest BCUT2D eigenvalue weighted by Crippen LogP contribution is -2.39. The fourth-order valence-electron chi connectivity index (χ4n) is 1.64. The van der Waals surface area contributed by atoms with E-state index in [4.69, 9.17) is 5.73 Å². The fourth-order valence-corrected chi connectivity index (χ4v) is 1.64. The maximum absolute atomic E-state index is 12.4. The van der Waals surface area contributed by atoms with Crippen molar-refractivity contribution in [1.29, 1.82) is 0 Å². The highest BCUT2D eigenvalue weighted by molar-refractivity contribution is 5.99. The number of amides is 1. The van der Waals surface area contributed by atoms with Gasteiger partial charge in [-0.3, -0.25) is 4.79 Å². The molecule has 1 rings (SSSR count). The molecule has 4 nitrogen and oxygen atoms in total. The molecular weight excluding hydrogens is 261 g/mol. The summed E-state index contributed by atoms with van der Waals surface area (Å²) in [6.07, 6.45) is -4.09. The third kappa shape index (κ3) is 4.35. The molecule has 0 aromatic heterocycles. The zero-order valence-electron chi connectivity index (χ0n) is 10.4. The minimum atomic E-state index is -4.48. The number of nitrogens with two attached hydrogens (primary N) is 1. The quantitative estimate of drug-likeness (QED) is 0.655. The van der Waals surface area contributed by atoms with E-state index in [-0.39, 0.29) is 23.5 Å². The molecule has 1 aromatic rings. The first kappa shape index (κ1) is 15.1. The highest BCUT2D eigenvalue weighted by Crippen LogP contribution is 2.23. The number of benzene rings is 1. The van der Waals surface area contributed by atoms with Crippen LogP contribution in [0.1, 0.15) is 23.7 Å². The summed E-state index contributed by atoms with van der Waals surface area (Å²) >= 11 is 0. The van der Waals surface area contributed by atoms with Crippen LogP contribution in [0.5, 0.6) is 5.75 Å². The molecule has 0 heterocycles. The smallest absolute Gasteiger partial charge is 0.406 e. The second-order valence-electron chi connectivity index (χ2n) is 4.11. The van der Waals surface area contributed by atoms with Crippen LogP contribution in [0.15, 0.2) is 18.2 Å². The van der Waals surface area contributed by atoms with E-state index in [1.54, 1.807) is 6.92 Å². The highest BCUT2D eigenvalue weighted by atomic mass is 19.4. The molecule has 0 fully saturated rings. The van der Waals surface area contributed by atoms with Crippen LogP contribution < -0.4 is 5.73 Å². The molecule has 19 heavy (non-hydrogen) atoms. The van der Waals surface area contributed by atoms with Gasteiger partial charge in [-0.15, -0.1) is 0 Å². The van der Waals surface area contributed by atoms with Gasteiger partial charge in [-0.05, 0) is 24.6 Å². The molecular formula is C12H15F3N2O2. The Balaban J connectivity index is 3.02. The Labute approximate surface area is 108 Å². The normalized spacial score (nSPS) is 11.4. The first-order chi connectivity index (χ1) is 8.74. The van der Waals surface area contributed by atoms with Crippen LogP contribution in [-0.4, -0.2) is 35.2 Å². The van der Waals surface area contributed by atoms with E-state index >= 15 is 0 Å². The van der Waals surface area contributed by atoms with E-state index in [0.717, 1.165) is 6.07 Å². The van der Waals surface area contributed by atoms with Gasteiger partial charge in [0, 0.05) is 12.2 Å². The number of nitrogens with zero attached hydrogens (tertiary/aromatic N) is 1. The topological polar surface area (TPSA) is 66.6 Å². The number of halogens is 3. The standard InChI is InChI=1S/C12H15F3N2O2/c1-2-5-17(7-12(13,14)15)11(19)9-6-8(18)3-4-10(9)16/h3-4,6,18H,2,5,7,16H2,1H3. The average Bonchev–Trinajstić information content (AvgIpc) is 2.29. The minimum absolute atomic E-state index is 0.0334. The van der Waals surface area contributed by atoms with Crippen LogP contribution >= 0.6 is 0 Å². The van der Waals surface area contributed by atoms with E-state index in [2.05, 4.69) is 0 Å². The van der Waals surface area contributed by atoms with E-state index in [0.29, 0.717) is 11.3 Å². The number of hydrogen-bond donors (Lipinski definition) is 2. The summed E-state index contributed by atoms with van der Waals surface area (Å²) in [5.74, 6) is -1.06. The molecule has 106 valence electrons. The number of phenolic OH excluding ortho intramolecular Hbond substituents is 1. The molecule has 0 aliphatic rings. The van der Waals surface area contributed by atoms with Crippen molar-refractivity contribution in [3.8, 4) is 5.75 Å². The summed E-state index contributed by atoms with van der Waals surface area (Å²) in [5, 5.41) is 9.28.